The number of hydrogen-bond donors (Lipinski definition) is 3. The fourth-order valence-electron chi connectivity index (χ4n) is 2.84. The summed E-state index contributed by atoms with van der Waals surface area (Å²) in [5, 5.41) is 2.88. The minimum absolute atomic E-state index is 0.116. The highest BCUT2D eigenvalue weighted by Gasteiger charge is 2.38. The molecule has 1 aliphatic rings. The molecule has 1 saturated heterocycles. The maximum atomic E-state index is 12.6. The number of carbonyl (C=O) groups excluding carboxylic acids is 1. The summed E-state index contributed by atoms with van der Waals surface area (Å²) in [6.45, 7) is 2.03. The molecule has 26 heavy (non-hydrogen) atoms. The van der Waals surface area contributed by atoms with Crippen LogP contribution in [0.5, 0.6) is 0 Å². The SMILES string of the molecule is COCCNS(=O)(=O)c1cccc(CNC(=O)C2(CN)CCOCC2)c1. The molecule has 0 bridgehead atoms. The topological polar surface area (TPSA) is 120 Å². The van der Waals surface area contributed by atoms with Crippen LogP contribution in [0.15, 0.2) is 29.2 Å². The number of methoxy groups -OCH3 is 1. The number of nitrogens with one attached hydrogen (secondary N) is 2. The zero-order valence-electron chi connectivity index (χ0n) is 15.0. The van der Waals surface area contributed by atoms with E-state index in [0.29, 0.717) is 38.2 Å². The van der Waals surface area contributed by atoms with Crippen molar-refractivity contribution in [2.75, 3.05) is 40.0 Å². The van der Waals surface area contributed by atoms with Crippen molar-refractivity contribution in [1.82, 2.24) is 10.0 Å². The summed E-state index contributed by atoms with van der Waals surface area (Å²) in [5.41, 5.74) is 5.93. The van der Waals surface area contributed by atoms with Crippen molar-refractivity contribution >= 4 is 15.9 Å². The van der Waals surface area contributed by atoms with Crippen LogP contribution < -0.4 is 15.8 Å². The summed E-state index contributed by atoms with van der Waals surface area (Å²) in [6, 6.07) is 6.49. The molecule has 0 atom stereocenters. The molecule has 0 spiro atoms. The maximum absolute atomic E-state index is 12.6. The smallest absolute Gasteiger partial charge is 0.240 e. The monoisotopic (exact) mass is 385 g/mol. The van der Waals surface area contributed by atoms with Crippen molar-refractivity contribution in [2.24, 2.45) is 11.1 Å². The number of ether oxygens (including phenoxy) is 2. The van der Waals surface area contributed by atoms with Crippen LogP contribution >= 0.6 is 0 Å². The Bertz CT molecular complexity index is 702. The Labute approximate surface area is 154 Å². The normalized spacial score (nSPS) is 17.0. The Balaban J connectivity index is 2.01. The number of benzene rings is 1. The van der Waals surface area contributed by atoms with Gasteiger partial charge in [0.25, 0.3) is 0 Å². The van der Waals surface area contributed by atoms with Crippen LogP contribution in [0.3, 0.4) is 0 Å². The molecule has 0 unspecified atom stereocenters. The van der Waals surface area contributed by atoms with Crippen LogP contribution in [-0.4, -0.2) is 54.3 Å². The molecule has 9 heteroatoms. The van der Waals surface area contributed by atoms with Crippen molar-refractivity contribution in [3.63, 3.8) is 0 Å². The van der Waals surface area contributed by atoms with Crippen LogP contribution in [0.4, 0.5) is 0 Å². The highest BCUT2D eigenvalue weighted by atomic mass is 32.2. The molecule has 0 aliphatic carbocycles. The lowest BCUT2D eigenvalue weighted by Gasteiger charge is -2.34. The fraction of sp³-hybridized carbons (Fsp3) is 0.588. The molecule has 0 aromatic heterocycles. The van der Waals surface area contributed by atoms with Gasteiger partial charge in [0.05, 0.1) is 16.9 Å². The number of sulfonamides is 1. The zero-order valence-corrected chi connectivity index (χ0v) is 15.8. The van der Waals surface area contributed by atoms with Gasteiger partial charge in [-0.15, -0.1) is 0 Å². The van der Waals surface area contributed by atoms with Gasteiger partial charge in [-0.1, -0.05) is 12.1 Å². The van der Waals surface area contributed by atoms with Crippen LogP contribution in [0, 0.1) is 5.41 Å². The molecule has 1 fully saturated rings. The molecule has 1 amide bonds. The minimum atomic E-state index is -3.61. The third-order valence-corrected chi connectivity index (χ3v) is 6.04. The molecule has 8 nitrogen and oxygen atoms in total. The third kappa shape index (κ3) is 5.24. The van der Waals surface area contributed by atoms with E-state index in [0.717, 1.165) is 0 Å². The van der Waals surface area contributed by atoms with E-state index in [1.807, 2.05) is 0 Å². The summed E-state index contributed by atoms with van der Waals surface area (Å²) >= 11 is 0. The quantitative estimate of drug-likeness (QED) is 0.514. The van der Waals surface area contributed by atoms with Crippen molar-refractivity contribution < 1.29 is 22.7 Å². The Kier molecular flexibility index (Phi) is 7.54. The maximum Gasteiger partial charge on any atom is 0.240 e. The number of carbonyl (C=O) groups is 1. The first-order valence-electron chi connectivity index (χ1n) is 8.57. The first kappa shape index (κ1) is 20.8. The zero-order chi connectivity index (χ0) is 19.0. The second kappa shape index (κ2) is 9.43. The lowest BCUT2D eigenvalue weighted by Crippen LogP contribution is -2.48. The van der Waals surface area contributed by atoms with E-state index in [-0.39, 0.29) is 30.4 Å². The number of amides is 1. The molecule has 1 aromatic rings. The van der Waals surface area contributed by atoms with E-state index < -0.39 is 15.4 Å². The second-order valence-corrected chi connectivity index (χ2v) is 8.08. The van der Waals surface area contributed by atoms with Gasteiger partial charge >= 0.3 is 0 Å². The summed E-state index contributed by atoms with van der Waals surface area (Å²) in [6.07, 6.45) is 1.18. The van der Waals surface area contributed by atoms with E-state index in [4.69, 9.17) is 15.2 Å². The van der Waals surface area contributed by atoms with E-state index in [1.54, 1.807) is 18.2 Å². The van der Waals surface area contributed by atoms with E-state index >= 15 is 0 Å². The second-order valence-electron chi connectivity index (χ2n) is 6.32. The Morgan fingerprint density at radius 3 is 2.73 bits per heavy atom. The lowest BCUT2D eigenvalue weighted by molar-refractivity contribution is -0.136. The van der Waals surface area contributed by atoms with E-state index in [2.05, 4.69) is 10.0 Å². The van der Waals surface area contributed by atoms with Gasteiger partial charge in [0.2, 0.25) is 15.9 Å². The first-order valence-corrected chi connectivity index (χ1v) is 10.1. The molecule has 1 aromatic carbocycles. The van der Waals surface area contributed by atoms with Gasteiger partial charge in [0.15, 0.2) is 0 Å². The van der Waals surface area contributed by atoms with Crippen LogP contribution in [-0.2, 0) is 30.8 Å². The van der Waals surface area contributed by atoms with E-state index in [1.165, 1.54) is 13.2 Å². The fourth-order valence-corrected chi connectivity index (χ4v) is 3.92. The molecule has 146 valence electrons. The standard InChI is InChI=1S/C17H27N3O5S/c1-24-10-7-20-26(22,23)15-4-2-3-14(11-15)12-19-16(21)17(13-18)5-8-25-9-6-17/h2-4,11,20H,5-10,12-13,18H2,1H3,(H,19,21). The van der Waals surface area contributed by atoms with Gasteiger partial charge in [-0.25, -0.2) is 13.1 Å². The average Bonchev–Trinajstić information content (AvgIpc) is 2.67. The molecule has 4 N–H and O–H groups in total. The summed E-state index contributed by atoms with van der Waals surface area (Å²) < 4.78 is 37.1. The summed E-state index contributed by atoms with van der Waals surface area (Å²) in [4.78, 5) is 12.7. The molecule has 2 rings (SSSR count). The lowest BCUT2D eigenvalue weighted by atomic mass is 9.79. The molecule has 0 saturated carbocycles. The molecule has 1 heterocycles. The number of nitrogens with two attached hydrogens (primary N) is 1. The summed E-state index contributed by atoms with van der Waals surface area (Å²) in [7, 11) is -2.11. The highest BCUT2D eigenvalue weighted by Crippen LogP contribution is 2.29. The van der Waals surface area contributed by atoms with Crippen LogP contribution in [0.25, 0.3) is 0 Å². The van der Waals surface area contributed by atoms with Gasteiger partial charge in [-0.3, -0.25) is 4.79 Å². The van der Waals surface area contributed by atoms with Crippen molar-refractivity contribution in [3.8, 4) is 0 Å². The Morgan fingerprint density at radius 2 is 2.08 bits per heavy atom. The number of hydrogen-bond acceptors (Lipinski definition) is 6. The molecular formula is C17H27N3O5S. The van der Waals surface area contributed by atoms with Gasteiger partial charge in [0, 0.05) is 40.0 Å². The van der Waals surface area contributed by atoms with Crippen molar-refractivity contribution in [2.45, 2.75) is 24.3 Å². The predicted octanol–water partition coefficient (Wildman–Crippen LogP) is -0.0170. The predicted molar refractivity (Wildman–Crippen MR) is 96.9 cm³/mol. The molecular weight excluding hydrogens is 358 g/mol. The largest absolute Gasteiger partial charge is 0.383 e. The average molecular weight is 385 g/mol. The molecule has 1 aliphatic heterocycles. The number of rotatable bonds is 9. The van der Waals surface area contributed by atoms with Crippen LogP contribution in [0.1, 0.15) is 18.4 Å². The minimum Gasteiger partial charge on any atom is -0.383 e. The highest BCUT2D eigenvalue weighted by molar-refractivity contribution is 7.89. The van der Waals surface area contributed by atoms with Crippen LogP contribution in [0.2, 0.25) is 0 Å². The van der Waals surface area contributed by atoms with Gasteiger partial charge in [-0.2, -0.15) is 0 Å². The first-order chi connectivity index (χ1) is 12.4. The Hall–Kier alpha value is -1.52. The van der Waals surface area contributed by atoms with Gasteiger partial charge < -0.3 is 20.5 Å². The van der Waals surface area contributed by atoms with Crippen molar-refractivity contribution in [3.05, 3.63) is 29.8 Å². The van der Waals surface area contributed by atoms with Gasteiger partial charge in [-0.05, 0) is 30.5 Å². The molecule has 0 radical (unpaired) electrons. The third-order valence-electron chi connectivity index (χ3n) is 4.58. The van der Waals surface area contributed by atoms with Crippen molar-refractivity contribution in [1.29, 1.82) is 0 Å². The van der Waals surface area contributed by atoms with Gasteiger partial charge in [0.1, 0.15) is 0 Å². The Morgan fingerprint density at radius 1 is 1.35 bits per heavy atom. The summed E-state index contributed by atoms with van der Waals surface area (Å²) in [5.74, 6) is -0.116. The van der Waals surface area contributed by atoms with E-state index in [9.17, 15) is 13.2 Å².